The molecule has 0 bridgehead atoms. The number of aromatic nitrogens is 2. The molecule has 0 amide bonds. The highest BCUT2D eigenvalue weighted by atomic mass is 32.2. The smallest absolute Gasteiger partial charge is 0.0949 e. The van der Waals surface area contributed by atoms with Crippen LogP contribution in [0.5, 0.6) is 0 Å². The zero-order valence-corrected chi connectivity index (χ0v) is 13.3. The third kappa shape index (κ3) is 2.28. The van der Waals surface area contributed by atoms with Gasteiger partial charge in [-0.1, -0.05) is 30.0 Å². The van der Waals surface area contributed by atoms with E-state index < -0.39 is 10.8 Å². The molecule has 4 nitrogen and oxygen atoms in total. The number of H-pyrrole nitrogens is 1. The van der Waals surface area contributed by atoms with Crippen LogP contribution in [0.4, 0.5) is 0 Å². The molecule has 1 aromatic heterocycles. The van der Waals surface area contributed by atoms with Crippen molar-refractivity contribution in [2.75, 3.05) is 6.54 Å². The molecule has 110 valence electrons. The van der Waals surface area contributed by atoms with Crippen molar-refractivity contribution in [1.29, 1.82) is 0 Å². The molecule has 2 aliphatic rings. The number of fused-ring (bicyclic) bond motifs is 1. The van der Waals surface area contributed by atoms with Gasteiger partial charge in [-0.3, -0.25) is 10.1 Å². The topological polar surface area (TPSA) is 58.1 Å². The number of aromatic amines is 1. The van der Waals surface area contributed by atoms with Crippen molar-refractivity contribution < 1.29 is 4.21 Å². The zero-order valence-electron chi connectivity index (χ0n) is 11.7. The van der Waals surface area contributed by atoms with Crippen LogP contribution in [0.25, 0.3) is 4.91 Å². The van der Waals surface area contributed by atoms with Gasteiger partial charge in [-0.25, -0.2) is 4.21 Å². The Hall–Kier alpha value is -1.92. The predicted molar refractivity (Wildman–Crippen MR) is 91.0 cm³/mol. The van der Waals surface area contributed by atoms with Crippen LogP contribution in [0.15, 0.2) is 67.9 Å². The number of benzene rings is 1. The van der Waals surface area contributed by atoms with Crippen LogP contribution in [0.1, 0.15) is 12.1 Å². The van der Waals surface area contributed by atoms with Gasteiger partial charge in [0.25, 0.3) is 0 Å². The van der Waals surface area contributed by atoms with Gasteiger partial charge < -0.3 is 0 Å². The molecule has 0 aliphatic carbocycles. The summed E-state index contributed by atoms with van der Waals surface area (Å²) in [5, 5.41) is 6.94. The first-order valence-corrected chi connectivity index (χ1v) is 8.93. The fourth-order valence-electron chi connectivity index (χ4n) is 2.59. The lowest BCUT2D eigenvalue weighted by molar-refractivity contribution is 0.693. The van der Waals surface area contributed by atoms with Gasteiger partial charge in [0.2, 0.25) is 0 Å². The van der Waals surface area contributed by atoms with E-state index >= 15 is 0 Å². The van der Waals surface area contributed by atoms with Gasteiger partial charge in [-0.2, -0.15) is 5.10 Å². The molecule has 0 radical (unpaired) electrons. The Morgan fingerprint density at radius 3 is 2.82 bits per heavy atom. The molecule has 0 fully saturated rings. The molecule has 6 heteroatoms. The molecule has 0 spiro atoms. The number of hydrogen-bond donors (Lipinski definition) is 1. The summed E-state index contributed by atoms with van der Waals surface area (Å²) in [7, 11) is -1.19. The van der Waals surface area contributed by atoms with Gasteiger partial charge in [0.15, 0.2) is 0 Å². The van der Waals surface area contributed by atoms with E-state index in [2.05, 4.69) is 15.2 Å². The minimum atomic E-state index is -1.19. The van der Waals surface area contributed by atoms with Crippen molar-refractivity contribution in [3.8, 4) is 0 Å². The molecule has 2 aromatic rings. The van der Waals surface area contributed by atoms with Gasteiger partial charge >= 0.3 is 0 Å². The summed E-state index contributed by atoms with van der Waals surface area (Å²) in [5.41, 5.74) is 2.99. The lowest BCUT2D eigenvalue weighted by Gasteiger charge is -2.10. The first-order chi connectivity index (χ1) is 10.8. The van der Waals surface area contributed by atoms with Crippen LogP contribution in [0.2, 0.25) is 0 Å². The van der Waals surface area contributed by atoms with Crippen LogP contribution in [-0.2, 0) is 10.8 Å². The Morgan fingerprint density at radius 2 is 2.05 bits per heavy atom. The first kappa shape index (κ1) is 13.7. The maximum atomic E-state index is 13.0. The molecule has 0 saturated heterocycles. The largest absolute Gasteiger partial charge is 0.292 e. The molecule has 4 rings (SSSR count). The van der Waals surface area contributed by atoms with Gasteiger partial charge in [-0.15, -0.1) is 0 Å². The Kier molecular flexibility index (Phi) is 3.56. The van der Waals surface area contributed by atoms with Crippen molar-refractivity contribution >= 4 is 33.7 Å². The van der Waals surface area contributed by atoms with E-state index in [1.807, 2.05) is 42.6 Å². The second-order valence-electron chi connectivity index (χ2n) is 4.95. The Morgan fingerprint density at radius 1 is 1.18 bits per heavy atom. The summed E-state index contributed by atoms with van der Waals surface area (Å²) >= 11 is 1.56. The molecule has 1 atom stereocenters. The average molecular weight is 327 g/mol. The SMILES string of the molecule is O=S1C(Sc2ccccc2)=C2C=NCCC2=C1c1ccn[nH]1. The predicted octanol–water partition coefficient (Wildman–Crippen LogP) is 3.36. The van der Waals surface area contributed by atoms with Crippen molar-refractivity contribution in [2.45, 2.75) is 11.3 Å². The maximum Gasteiger partial charge on any atom is 0.0949 e. The van der Waals surface area contributed by atoms with Crippen molar-refractivity contribution in [3.63, 3.8) is 0 Å². The maximum absolute atomic E-state index is 13.0. The zero-order chi connectivity index (χ0) is 14.9. The summed E-state index contributed by atoms with van der Waals surface area (Å²) in [4.78, 5) is 6.32. The molecular weight excluding hydrogens is 314 g/mol. The lowest BCUT2D eigenvalue weighted by atomic mass is 10.0. The molecule has 2 aliphatic heterocycles. The minimum absolute atomic E-state index is 0.747. The third-order valence-electron chi connectivity index (χ3n) is 3.58. The normalized spacial score (nSPS) is 20.6. The number of hydrogen-bond acceptors (Lipinski definition) is 4. The monoisotopic (exact) mass is 327 g/mol. The van der Waals surface area contributed by atoms with E-state index in [9.17, 15) is 4.21 Å². The summed E-state index contributed by atoms with van der Waals surface area (Å²) in [6, 6.07) is 11.9. The Balaban J connectivity index is 1.79. The molecular formula is C16H13N3OS2. The summed E-state index contributed by atoms with van der Waals surface area (Å²) < 4.78 is 13.9. The van der Waals surface area contributed by atoms with E-state index in [0.717, 1.165) is 43.8 Å². The molecule has 1 aromatic carbocycles. The molecule has 0 saturated carbocycles. The van der Waals surface area contributed by atoms with E-state index in [-0.39, 0.29) is 0 Å². The van der Waals surface area contributed by atoms with Gasteiger partial charge in [0.05, 0.1) is 25.6 Å². The van der Waals surface area contributed by atoms with Gasteiger partial charge in [0.1, 0.15) is 0 Å². The number of nitrogens with one attached hydrogen (secondary N) is 1. The lowest BCUT2D eigenvalue weighted by Crippen LogP contribution is -2.01. The highest BCUT2D eigenvalue weighted by Gasteiger charge is 2.33. The standard InChI is InChI=1S/C16H13N3OS2/c20-22-15(14-7-9-18-19-14)12-6-8-17-10-13(12)16(22)21-11-4-2-1-3-5-11/h1-5,7,9-10H,6,8H2,(H,18,19). The van der Waals surface area contributed by atoms with E-state index in [0.29, 0.717) is 0 Å². The molecule has 1 unspecified atom stereocenters. The third-order valence-corrected chi connectivity index (χ3v) is 6.59. The summed E-state index contributed by atoms with van der Waals surface area (Å²) in [6.45, 7) is 0.747. The molecule has 1 N–H and O–H groups in total. The fourth-order valence-corrected chi connectivity index (χ4v) is 5.54. The van der Waals surface area contributed by atoms with Crippen LogP contribution < -0.4 is 0 Å². The van der Waals surface area contributed by atoms with Gasteiger partial charge in [-0.05, 0) is 30.2 Å². The Bertz CT molecular complexity index is 820. The van der Waals surface area contributed by atoms with E-state index in [1.165, 1.54) is 0 Å². The highest BCUT2D eigenvalue weighted by Crippen LogP contribution is 2.46. The van der Waals surface area contributed by atoms with Crippen molar-refractivity contribution in [3.05, 3.63) is 63.7 Å². The highest BCUT2D eigenvalue weighted by molar-refractivity contribution is 8.20. The summed E-state index contributed by atoms with van der Waals surface area (Å²) in [6.07, 6.45) is 4.38. The van der Waals surface area contributed by atoms with Crippen molar-refractivity contribution in [1.82, 2.24) is 10.2 Å². The number of nitrogens with zero attached hydrogens (tertiary/aromatic N) is 2. The minimum Gasteiger partial charge on any atom is -0.292 e. The number of rotatable bonds is 3. The molecule has 3 heterocycles. The number of aliphatic imine (C=N–C) groups is 1. The fraction of sp³-hybridized carbons (Fsp3) is 0.125. The average Bonchev–Trinajstić information content (AvgIpc) is 3.16. The number of thioether (sulfide) groups is 1. The first-order valence-electron chi connectivity index (χ1n) is 6.96. The molecule has 22 heavy (non-hydrogen) atoms. The summed E-state index contributed by atoms with van der Waals surface area (Å²) in [5.74, 6) is 0. The van der Waals surface area contributed by atoms with Crippen LogP contribution in [0, 0.1) is 0 Å². The quantitative estimate of drug-likeness (QED) is 0.940. The second kappa shape index (κ2) is 5.70. The van der Waals surface area contributed by atoms with Crippen LogP contribution in [0.3, 0.4) is 0 Å². The van der Waals surface area contributed by atoms with Gasteiger partial charge in [0, 0.05) is 29.4 Å². The number of allylic oxidation sites excluding steroid dienone is 1. The second-order valence-corrected chi connectivity index (χ2v) is 7.64. The Labute approximate surface area is 134 Å². The van der Waals surface area contributed by atoms with E-state index in [4.69, 9.17) is 0 Å². The van der Waals surface area contributed by atoms with Crippen LogP contribution in [-0.4, -0.2) is 27.2 Å². The van der Waals surface area contributed by atoms with Crippen LogP contribution >= 0.6 is 11.8 Å². The van der Waals surface area contributed by atoms with Crippen molar-refractivity contribution in [2.24, 2.45) is 4.99 Å². The van der Waals surface area contributed by atoms with E-state index in [1.54, 1.807) is 18.0 Å².